The highest BCUT2D eigenvalue weighted by molar-refractivity contribution is 14.1. The molecule has 0 N–H and O–H groups in total. The molecule has 0 saturated carbocycles. The van der Waals surface area contributed by atoms with E-state index in [4.69, 9.17) is 4.74 Å². The van der Waals surface area contributed by atoms with Crippen molar-refractivity contribution in [3.8, 4) is 5.75 Å². The van der Waals surface area contributed by atoms with Crippen LogP contribution in [0.5, 0.6) is 5.75 Å². The van der Waals surface area contributed by atoms with Crippen LogP contribution in [0.25, 0.3) is 0 Å². The molecule has 1 aromatic carbocycles. The summed E-state index contributed by atoms with van der Waals surface area (Å²) in [4.78, 5) is 13.3. The molecule has 1 aliphatic rings. The van der Waals surface area contributed by atoms with E-state index in [1.54, 1.807) is 0 Å². The van der Waals surface area contributed by atoms with E-state index in [0.29, 0.717) is 0 Å². The number of halogens is 1. The SMILES string of the molecule is O=C(COc1ccc(I)cc1)N1CCC1. The Kier molecular flexibility index (Phi) is 3.45. The summed E-state index contributed by atoms with van der Waals surface area (Å²) in [5.74, 6) is 0.837. The minimum absolute atomic E-state index is 0.0831. The van der Waals surface area contributed by atoms with E-state index >= 15 is 0 Å². The Morgan fingerprint density at radius 2 is 2.00 bits per heavy atom. The van der Waals surface area contributed by atoms with Crippen LogP contribution >= 0.6 is 22.6 Å². The fraction of sp³-hybridized carbons (Fsp3) is 0.364. The number of nitrogens with zero attached hydrogens (tertiary/aromatic N) is 1. The van der Waals surface area contributed by atoms with Crippen molar-refractivity contribution in [1.29, 1.82) is 0 Å². The molecule has 1 saturated heterocycles. The molecule has 15 heavy (non-hydrogen) atoms. The van der Waals surface area contributed by atoms with E-state index < -0.39 is 0 Å². The number of carbonyl (C=O) groups is 1. The third kappa shape index (κ3) is 2.84. The van der Waals surface area contributed by atoms with Gasteiger partial charge in [0.2, 0.25) is 0 Å². The Morgan fingerprint density at radius 3 is 2.53 bits per heavy atom. The van der Waals surface area contributed by atoms with Gasteiger partial charge in [0.1, 0.15) is 5.75 Å². The summed E-state index contributed by atoms with van der Waals surface area (Å²) in [5, 5.41) is 0. The van der Waals surface area contributed by atoms with Gasteiger partial charge in [0, 0.05) is 16.7 Å². The number of ether oxygens (including phenoxy) is 1. The summed E-state index contributed by atoms with van der Waals surface area (Å²) >= 11 is 2.23. The third-order valence-electron chi connectivity index (χ3n) is 2.38. The largest absolute Gasteiger partial charge is 0.484 e. The van der Waals surface area contributed by atoms with Crippen molar-refractivity contribution in [3.05, 3.63) is 27.8 Å². The first kappa shape index (κ1) is 10.7. The molecule has 0 bridgehead atoms. The van der Waals surface area contributed by atoms with Crippen LogP contribution in [0.4, 0.5) is 0 Å². The van der Waals surface area contributed by atoms with Crippen LogP contribution in [-0.4, -0.2) is 30.5 Å². The number of likely N-dealkylation sites (tertiary alicyclic amines) is 1. The van der Waals surface area contributed by atoms with E-state index in [0.717, 1.165) is 28.8 Å². The van der Waals surface area contributed by atoms with E-state index in [-0.39, 0.29) is 12.5 Å². The third-order valence-corrected chi connectivity index (χ3v) is 3.10. The Hall–Kier alpha value is -0.780. The molecule has 2 rings (SSSR count). The van der Waals surface area contributed by atoms with Gasteiger partial charge in [0.25, 0.3) is 5.91 Å². The fourth-order valence-corrected chi connectivity index (χ4v) is 1.69. The van der Waals surface area contributed by atoms with E-state index in [1.807, 2.05) is 29.2 Å². The molecule has 0 aliphatic carbocycles. The summed E-state index contributed by atoms with van der Waals surface area (Å²) in [7, 11) is 0. The lowest BCUT2D eigenvalue weighted by atomic mass is 10.2. The summed E-state index contributed by atoms with van der Waals surface area (Å²) < 4.78 is 6.55. The summed E-state index contributed by atoms with van der Waals surface area (Å²) in [6.45, 7) is 1.92. The predicted molar refractivity (Wildman–Crippen MR) is 65.9 cm³/mol. The molecule has 1 heterocycles. The molecular formula is C11H12INO2. The van der Waals surface area contributed by atoms with E-state index in [1.165, 1.54) is 0 Å². The van der Waals surface area contributed by atoms with Gasteiger partial charge in [0.05, 0.1) is 0 Å². The number of amides is 1. The zero-order valence-corrected chi connectivity index (χ0v) is 10.4. The van der Waals surface area contributed by atoms with Crippen LogP contribution in [0.3, 0.4) is 0 Å². The first-order valence-electron chi connectivity index (χ1n) is 4.92. The first-order chi connectivity index (χ1) is 7.25. The molecule has 1 aromatic rings. The highest BCUT2D eigenvalue weighted by atomic mass is 127. The molecule has 0 unspecified atom stereocenters. The quantitative estimate of drug-likeness (QED) is 0.797. The monoisotopic (exact) mass is 317 g/mol. The molecule has 3 nitrogen and oxygen atoms in total. The summed E-state index contributed by atoms with van der Waals surface area (Å²) in [6, 6.07) is 7.68. The smallest absolute Gasteiger partial charge is 0.260 e. The number of hydrogen-bond acceptors (Lipinski definition) is 2. The molecule has 1 aliphatic heterocycles. The molecule has 1 fully saturated rings. The molecule has 80 valence electrons. The average Bonchev–Trinajstić information content (AvgIpc) is 2.14. The second-order valence-corrected chi connectivity index (χ2v) is 4.72. The molecule has 1 amide bonds. The van der Waals surface area contributed by atoms with Gasteiger partial charge in [-0.1, -0.05) is 0 Å². The maximum atomic E-state index is 11.5. The fourth-order valence-electron chi connectivity index (χ4n) is 1.33. The van der Waals surface area contributed by atoms with Gasteiger partial charge in [-0.15, -0.1) is 0 Å². The normalized spacial score (nSPS) is 14.6. The van der Waals surface area contributed by atoms with Crippen molar-refractivity contribution in [2.45, 2.75) is 6.42 Å². The molecule has 0 radical (unpaired) electrons. The molecule has 0 aromatic heterocycles. The van der Waals surface area contributed by atoms with Crippen LogP contribution in [-0.2, 0) is 4.79 Å². The van der Waals surface area contributed by atoms with Crippen LogP contribution in [0.1, 0.15) is 6.42 Å². The van der Waals surface area contributed by atoms with Gasteiger partial charge in [0.15, 0.2) is 6.61 Å². The molecule has 0 atom stereocenters. The highest BCUT2D eigenvalue weighted by Crippen LogP contribution is 2.14. The lowest BCUT2D eigenvalue weighted by molar-refractivity contribution is -0.136. The molecule has 4 heteroatoms. The zero-order valence-electron chi connectivity index (χ0n) is 8.28. The predicted octanol–water partition coefficient (Wildman–Crippen LogP) is 1.90. The summed E-state index contributed by atoms with van der Waals surface area (Å²) in [6.07, 6.45) is 1.12. The van der Waals surface area contributed by atoms with Crippen molar-refractivity contribution in [2.75, 3.05) is 19.7 Å². The first-order valence-corrected chi connectivity index (χ1v) is 6.00. The van der Waals surface area contributed by atoms with Gasteiger partial charge in [-0.3, -0.25) is 4.79 Å². The number of benzene rings is 1. The maximum absolute atomic E-state index is 11.5. The molecule has 0 spiro atoms. The van der Waals surface area contributed by atoms with Gasteiger partial charge in [-0.25, -0.2) is 0 Å². The zero-order chi connectivity index (χ0) is 10.7. The van der Waals surface area contributed by atoms with Gasteiger partial charge >= 0.3 is 0 Å². The minimum atomic E-state index is 0.0831. The lowest BCUT2D eigenvalue weighted by Gasteiger charge is -2.30. The van der Waals surface area contributed by atoms with Crippen LogP contribution in [0.15, 0.2) is 24.3 Å². The number of carbonyl (C=O) groups excluding carboxylic acids is 1. The Balaban J connectivity index is 1.82. The van der Waals surface area contributed by atoms with Crippen LogP contribution in [0.2, 0.25) is 0 Å². The molecular weight excluding hydrogens is 305 g/mol. The number of hydrogen-bond donors (Lipinski definition) is 0. The number of rotatable bonds is 3. The van der Waals surface area contributed by atoms with Crippen molar-refractivity contribution in [3.63, 3.8) is 0 Å². The Morgan fingerprint density at radius 1 is 1.33 bits per heavy atom. The Bertz CT molecular complexity index is 346. The lowest BCUT2D eigenvalue weighted by Crippen LogP contribution is -2.44. The van der Waals surface area contributed by atoms with Crippen molar-refractivity contribution >= 4 is 28.5 Å². The summed E-state index contributed by atoms with van der Waals surface area (Å²) in [5.41, 5.74) is 0. The highest BCUT2D eigenvalue weighted by Gasteiger charge is 2.20. The van der Waals surface area contributed by atoms with E-state index in [2.05, 4.69) is 22.6 Å². The topological polar surface area (TPSA) is 29.5 Å². The van der Waals surface area contributed by atoms with Crippen molar-refractivity contribution in [1.82, 2.24) is 4.90 Å². The van der Waals surface area contributed by atoms with Gasteiger partial charge in [-0.2, -0.15) is 0 Å². The second-order valence-electron chi connectivity index (χ2n) is 3.48. The average molecular weight is 317 g/mol. The Labute approximate surface area is 103 Å². The van der Waals surface area contributed by atoms with Crippen molar-refractivity contribution < 1.29 is 9.53 Å². The van der Waals surface area contributed by atoms with Gasteiger partial charge in [-0.05, 0) is 53.3 Å². The van der Waals surface area contributed by atoms with Gasteiger partial charge < -0.3 is 9.64 Å². The van der Waals surface area contributed by atoms with Crippen molar-refractivity contribution in [2.24, 2.45) is 0 Å². The van der Waals surface area contributed by atoms with Crippen LogP contribution < -0.4 is 4.74 Å². The standard InChI is InChI=1S/C11H12INO2/c12-9-2-4-10(5-3-9)15-8-11(14)13-6-1-7-13/h2-5H,1,6-8H2. The minimum Gasteiger partial charge on any atom is -0.484 e. The maximum Gasteiger partial charge on any atom is 0.260 e. The van der Waals surface area contributed by atoms with Crippen LogP contribution in [0, 0.1) is 3.57 Å². The second kappa shape index (κ2) is 4.83. The van der Waals surface area contributed by atoms with E-state index in [9.17, 15) is 4.79 Å².